The summed E-state index contributed by atoms with van der Waals surface area (Å²) in [7, 11) is 2.06. The minimum atomic E-state index is 0.598. The van der Waals surface area contributed by atoms with Crippen molar-refractivity contribution in [1.29, 1.82) is 0 Å². The van der Waals surface area contributed by atoms with Crippen molar-refractivity contribution in [3.05, 3.63) is 0 Å². The third kappa shape index (κ3) is 2.20. The third-order valence-electron chi connectivity index (χ3n) is 2.97. The summed E-state index contributed by atoms with van der Waals surface area (Å²) < 4.78 is 0. The SMILES string of the molecule is CCC(NC)N1CCCCC1C. The van der Waals surface area contributed by atoms with Crippen molar-refractivity contribution < 1.29 is 0 Å². The summed E-state index contributed by atoms with van der Waals surface area (Å²) in [5, 5.41) is 3.38. The van der Waals surface area contributed by atoms with Crippen LogP contribution in [0.5, 0.6) is 0 Å². The standard InChI is InChI=1S/C10H22N2/c1-4-10(11-3)12-8-6-5-7-9(12)2/h9-11H,4-8H2,1-3H3. The highest BCUT2D eigenvalue weighted by Crippen LogP contribution is 2.18. The predicted octanol–water partition coefficient (Wildman–Crippen LogP) is 1.82. The van der Waals surface area contributed by atoms with Gasteiger partial charge in [-0.25, -0.2) is 0 Å². The average Bonchev–Trinajstić information content (AvgIpc) is 2.10. The number of nitrogens with zero attached hydrogens (tertiary/aromatic N) is 1. The van der Waals surface area contributed by atoms with E-state index < -0.39 is 0 Å². The van der Waals surface area contributed by atoms with E-state index in [0.717, 1.165) is 6.04 Å². The highest BCUT2D eigenvalue weighted by atomic mass is 15.3. The lowest BCUT2D eigenvalue weighted by atomic mass is 10.0. The molecule has 0 bridgehead atoms. The summed E-state index contributed by atoms with van der Waals surface area (Å²) in [6, 6.07) is 0.774. The second kappa shape index (κ2) is 4.83. The predicted molar refractivity (Wildman–Crippen MR) is 53.2 cm³/mol. The molecule has 1 N–H and O–H groups in total. The maximum atomic E-state index is 3.38. The first-order valence-electron chi connectivity index (χ1n) is 5.22. The molecule has 0 amide bonds. The summed E-state index contributed by atoms with van der Waals surface area (Å²) in [4.78, 5) is 2.60. The number of hydrogen-bond donors (Lipinski definition) is 1. The van der Waals surface area contributed by atoms with Gasteiger partial charge < -0.3 is 5.32 Å². The summed E-state index contributed by atoms with van der Waals surface area (Å²) in [6.45, 7) is 5.88. The van der Waals surface area contributed by atoms with Crippen molar-refractivity contribution >= 4 is 0 Å². The van der Waals surface area contributed by atoms with Gasteiger partial charge >= 0.3 is 0 Å². The molecule has 1 saturated heterocycles. The van der Waals surface area contributed by atoms with E-state index in [1.54, 1.807) is 0 Å². The van der Waals surface area contributed by atoms with Crippen molar-refractivity contribution in [1.82, 2.24) is 10.2 Å². The van der Waals surface area contributed by atoms with Crippen LogP contribution in [0.25, 0.3) is 0 Å². The minimum Gasteiger partial charge on any atom is -0.305 e. The Morgan fingerprint density at radius 3 is 2.75 bits per heavy atom. The number of nitrogens with one attached hydrogen (secondary N) is 1. The molecule has 2 heteroatoms. The van der Waals surface area contributed by atoms with Gasteiger partial charge in [-0.2, -0.15) is 0 Å². The van der Waals surface area contributed by atoms with Gasteiger partial charge in [0.1, 0.15) is 0 Å². The Labute approximate surface area is 76.3 Å². The fourth-order valence-corrected chi connectivity index (χ4v) is 2.19. The Kier molecular flexibility index (Phi) is 4.02. The highest BCUT2D eigenvalue weighted by Gasteiger charge is 2.23. The molecule has 1 aliphatic rings. The van der Waals surface area contributed by atoms with Crippen molar-refractivity contribution in [3.63, 3.8) is 0 Å². The van der Waals surface area contributed by atoms with Crippen LogP contribution >= 0.6 is 0 Å². The zero-order valence-corrected chi connectivity index (χ0v) is 8.64. The van der Waals surface area contributed by atoms with Crippen LogP contribution < -0.4 is 5.32 Å². The van der Waals surface area contributed by atoms with E-state index in [2.05, 4.69) is 31.1 Å². The van der Waals surface area contributed by atoms with E-state index in [0.29, 0.717) is 6.17 Å². The van der Waals surface area contributed by atoms with Crippen LogP contribution in [0.1, 0.15) is 39.5 Å². The fraction of sp³-hybridized carbons (Fsp3) is 1.00. The van der Waals surface area contributed by atoms with Crippen LogP contribution in [-0.2, 0) is 0 Å². The fourth-order valence-electron chi connectivity index (χ4n) is 2.19. The maximum Gasteiger partial charge on any atom is 0.0594 e. The van der Waals surface area contributed by atoms with Crippen LogP contribution in [-0.4, -0.2) is 30.7 Å². The number of likely N-dealkylation sites (tertiary alicyclic amines) is 1. The summed E-state index contributed by atoms with van der Waals surface area (Å²) >= 11 is 0. The highest BCUT2D eigenvalue weighted by molar-refractivity contribution is 4.77. The van der Waals surface area contributed by atoms with Gasteiger partial charge in [0.2, 0.25) is 0 Å². The molecule has 0 spiro atoms. The Bertz CT molecular complexity index is 121. The van der Waals surface area contributed by atoms with E-state index in [9.17, 15) is 0 Å². The van der Waals surface area contributed by atoms with E-state index in [4.69, 9.17) is 0 Å². The molecule has 0 aromatic heterocycles. The lowest BCUT2D eigenvalue weighted by Gasteiger charge is -2.39. The number of rotatable bonds is 3. The molecule has 1 rings (SSSR count). The molecule has 12 heavy (non-hydrogen) atoms. The quantitative estimate of drug-likeness (QED) is 0.695. The lowest BCUT2D eigenvalue weighted by Crippen LogP contribution is -2.50. The molecule has 2 nitrogen and oxygen atoms in total. The number of piperidine rings is 1. The minimum absolute atomic E-state index is 0.598. The van der Waals surface area contributed by atoms with Crippen molar-refractivity contribution in [2.45, 2.75) is 51.7 Å². The van der Waals surface area contributed by atoms with Crippen molar-refractivity contribution in [3.8, 4) is 0 Å². The largest absolute Gasteiger partial charge is 0.305 e. The van der Waals surface area contributed by atoms with Crippen molar-refractivity contribution in [2.24, 2.45) is 0 Å². The monoisotopic (exact) mass is 170 g/mol. The van der Waals surface area contributed by atoms with Crippen LogP contribution in [0.4, 0.5) is 0 Å². The summed E-state index contributed by atoms with van der Waals surface area (Å²) in [5.74, 6) is 0. The normalized spacial score (nSPS) is 28.8. The van der Waals surface area contributed by atoms with Gasteiger partial charge in [0.15, 0.2) is 0 Å². The Hall–Kier alpha value is -0.0800. The summed E-state index contributed by atoms with van der Waals surface area (Å²) in [6.07, 6.45) is 5.97. The van der Waals surface area contributed by atoms with E-state index in [1.807, 2.05) is 0 Å². The second-order valence-corrected chi connectivity index (χ2v) is 3.80. The van der Waals surface area contributed by atoms with Gasteiger partial charge in [-0.15, -0.1) is 0 Å². The first kappa shape index (κ1) is 10.0. The second-order valence-electron chi connectivity index (χ2n) is 3.80. The van der Waals surface area contributed by atoms with Gasteiger partial charge in [-0.3, -0.25) is 4.90 Å². The van der Waals surface area contributed by atoms with Crippen LogP contribution in [0.15, 0.2) is 0 Å². The summed E-state index contributed by atoms with van der Waals surface area (Å²) in [5.41, 5.74) is 0. The Balaban J connectivity index is 2.45. The van der Waals surface area contributed by atoms with Gasteiger partial charge in [0.05, 0.1) is 6.17 Å². The topological polar surface area (TPSA) is 15.3 Å². The van der Waals surface area contributed by atoms with Crippen LogP contribution in [0.2, 0.25) is 0 Å². The van der Waals surface area contributed by atoms with Crippen LogP contribution in [0, 0.1) is 0 Å². The number of hydrogen-bond acceptors (Lipinski definition) is 2. The maximum absolute atomic E-state index is 3.38. The van der Waals surface area contributed by atoms with Gasteiger partial charge in [0.25, 0.3) is 0 Å². The molecule has 0 aliphatic carbocycles. The van der Waals surface area contributed by atoms with Crippen molar-refractivity contribution in [2.75, 3.05) is 13.6 Å². The van der Waals surface area contributed by atoms with Crippen LogP contribution in [0.3, 0.4) is 0 Å². The van der Waals surface area contributed by atoms with Gasteiger partial charge in [-0.05, 0) is 39.8 Å². The smallest absolute Gasteiger partial charge is 0.0594 e. The van der Waals surface area contributed by atoms with E-state index >= 15 is 0 Å². The van der Waals surface area contributed by atoms with E-state index in [1.165, 1.54) is 32.2 Å². The molecule has 1 aliphatic heterocycles. The zero-order chi connectivity index (χ0) is 8.97. The lowest BCUT2D eigenvalue weighted by molar-refractivity contribution is 0.0871. The van der Waals surface area contributed by atoms with Gasteiger partial charge in [0, 0.05) is 6.04 Å². The van der Waals surface area contributed by atoms with E-state index in [-0.39, 0.29) is 0 Å². The molecule has 2 unspecified atom stereocenters. The Morgan fingerprint density at radius 1 is 1.50 bits per heavy atom. The molecular formula is C10H22N2. The first-order valence-corrected chi connectivity index (χ1v) is 5.22. The molecule has 72 valence electrons. The molecule has 1 fully saturated rings. The molecule has 0 aromatic rings. The zero-order valence-electron chi connectivity index (χ0n) is 8.64. The molecule has 2 atom stereocenters. The van der Waals surface area contributed by atoms with Gasteiger partial charge in [-0.1, -0.05) is 13.3 Å². The first-order chi connectivity index (χ1) is 5.79. The molecule has 1 heterocycles. The molecule has 0 saturated carbocycles. The third-order valence-corrected chi connectivity index (χ3v) is 2.97. The molecule has 0 radical (unpaired) electrons. The average molecular weight is 170 g/mol. The molecular weight excluding hydrogens is 148 g/mol. The molecule has 0 aromatic carbocycles. The Morgan fingerprint density at radius 2 is 2.25 bits per heavy atom.